The lowest BCUT2D eigenvalue weighted by Crippen LogP contribution is -2.49. The number of hydrogen-bond donors (Lipinski definition) is 2. The molecular weight excluding hydrogens is 264 g/mol. The first-order valence-corrected chi connectivity index (χ1v) is 8.11. The van der Waals surface area contributed by atoms with E-state index in [1.165, 1.54) is 23.1 Å². The van der Waals surface area contributed by atoms with E-state index in [4.69, 9.17) is 5.11 Å². The summed E-state index contributed by atoms with van der Waals surface area (Å²) in [5.41, 5.74) is 0. The normalized spacial score (nSPS) is 31.8. The molecule has 0 aromatic rings. The van der Waals surface area contributed by atoms with E-state index in [2.05, 4.69) is 12.2 Å². The first-order valence-electron chi connectivity index (χ1n) is 6.95. The van der Waals surface area contributed by atoms with Crippen LogP contribution in [0.1, 0.15) is 39.0 Å². The van der Waals surface area contributed by atoms with E-state index >= 15 is 0 Å². The van der Waals surface area contributed by atoms with E-state index in [1.807, 2.05) is 0 Å². The Bertz CT molecular complexity index is 351. The highest BCUT2D eigenvalue weighted by molar-refractivity contribution is 7.99. The molecule has 108 valence electrons. The second-order valence-electron chi connectivity index (χ2n) is 5.58. The number of thioether (sulfide) groups is 1. The summed E-state index contributed by atoms with van der Waals surface area (Å²) in [4.78, 5) is 24.7. The minimum atomic E-state index is -0.908. The van der Waals surface area contributed by atoms with Gasteiger partial charge < -0.3 is 15.3 Å². The lowest BCUT2D eigenvalue weighted by Gasteiger charge is -2.24. The summed E-state index contributed by atoms with van der Waals surface area (Å²) in [6.07, 6.45) is 5.52. The summed E-state index contributed by atoms with van der Waals surface area (Å²) in [6.45, 7) is 2.25. The highest BCUT2D eigenvalue weighted by Gasteiger charge is 2.35. The molecule has 0 bridgehead atoms. The summed E-state index contributed by atoms with van der Waals surface area (Å²) < 4.78 is 0. The fraction of sp³-hybridized carbons (Fsp3) is 0.846. The zero-order chi connectivity index (χ0) is 13.8. The number of urea groups is 1. The molecule has 3 atom stereocenters. The fourth-order valence-electron chi connectivity index (χ4n) is 2.74. The Kier molecular flexibility index (Phi) is 4.96. The monoisotopic (exact) mass is 286 g/mol. The number of carbonyl (C=O) groups is 2. The number of nitrogens with one attached hydrogen (secondary N) is 1. The van der Waals surface area contributed by atoms with Crippen molar-refractivity contribution in [1.29, 1.82) is 0 Å². The van der Waals surface area contributed by atoms with Crippen LogP contribution in [0.3, 0.4) is 0 Å². The number of amides is 2. The standard InChI is InChI=1S/C13H22N2O3S/c1-9-3-2-4-10(6-5-9)14-13(18)15-8-19-7-11(15)12(16)17/h9-11H,2-8H2,1H3,(H,14,18)(H,16,17). The van der Waals surface area contributed by atoms with Crippen molar-refractivity contribution < 1.29 is 14.7 Å². The Labute approximate surface area is 118 Å². The molecule has 0 radical (unpaired) electrons. The first-order chi connectivity index (χ1) is 9.08. The maximum atomic E-state index is 12.2. The second-order valence-corrected chi connectivity index (χ2v) is 6.58. The lowest BCUT2D eigenvalue weighted by atomic mass is 10.0. The van der Waals surface area contributed by atoms with Gasteiger partial charge in [-0.25, -0.2) is 9.59 Å². The van der Waals surface area contributed by atoms with Gasteiger partial charge in [-0.05, 0) is 25.2 Å². The van der Waals surface area contributed by atoms with Crippen LogP contribution < -0.4 is 5.32 Å². The van der Waals surface area contributed by atoms with Crippen LogP contribution in [0.5, 0.6) is 0 Å². The smallest absolute Gasteiger partial charge is 0.327 e. The van der Waals surface area contributed by atoms with Crippen molar-refractivity contribution in [3.63, 3.8) is 0 Å². The SMILES string of the molecule is CC1CCCC(NC(=O)N2CSCC2C(=O)O)CC1. The van der Waals surface area contributed by atoms with Gasteiger partial charge in [0, 0.05) is 11.8 Å². The molecule has 6 heteroatoms. The number of hydrogen-bond acceptors (Lipinski definition) is 3. The summed E-state index contributed by atoms with van der Waals surface area (Å²) >= 11 is 1.50. The van der Waals surface area contributed by atoms with E-state index < -0.39 is 12.0 Å². The van der Waals surface area contributed by atoms with E-state index in [0.29, 0.717) is 11.6 Å². The van der Waals surface area contributed by atoms with Gasteiger partial charge >= 0.3 is 12.0 Å². The number of nitrogens with zero attached hydrogens (tertiary/aromatic N) is 1. The van der Waals surface area contributed by atoms with E-state index in [-0.39, 0.29) is 12.1 Å². The molecule has 2 amide bonds. The summed E-state index contributed by atoms with van der Waals surface area (Å²) in [5, 5.41) is 12.1. The number of rotatable bonds is 2. The van der Waals surface area contributed by atoms with Crippen LogP contribution in [0, 0.1) is 5.92 Å². The van der Waals surface area contributed by atoms with Crippen LogP contribution in [-0.4, -0.2) is 45.7 Å². The Morgan fingerprint density at radius 1 is 1.26 bits per heavy atom. The molecule has 1 saturated carbocycles. The minimum Gasteiger partial charge on any atom is -0.480 e. The van der Waals surface area contributed by atoms with Gasteiger partial charge in [0.2, 0.25) is 0 Å². The molecule has 2 rings (SSSR count). The third-order valence-electron chi connectivity index (χ3n) is 4.01. The molecule has 0 spiro atoms. The molecule has 19 heavy (non-hydrogen) atoms. The van der Waals surface area contributed by atoms with Gasteiger partial charge in [-0.2, -0.15) is 0 Å². The molecule has 2 fully saturated rings. The predicted octanol–water partition coefficient (Wildman–Crippen LogP) is 2.12. The van der Waals surface area contributed by atoms with Gasteiger partial charge in [0.05, 0.1) is 5.88 Å². The van der Waals surface area contributed by atoms with Crippen molar-refractivity contribution >= 4 is 23.8 Å². The molecule has 1 heterocycles. The zero-order valence-electron chi connectivity index (χ0n) is 11.3. The number of carboxylic acids is 1. The Balaban J connectivity index is 1.88. The molecule has 1 saturated heterocycles. The Hall–Kier alpha value is -0.910. The van der Waals surface area contributed by atoms with E-state index in [0.717, 1.165) is 31.6 Å². The molecule has 0 aromatic heterocycles. The number of carboxylic acid groups (broad SMARTS) is 1. The maximum Gasteiger partial charge on any atom is 0.327 e. The third-order valence-corrected chi connectivity index (χ3v) is 5.03. The van der Waals surface area contributed by atoms with Crippen molar-refractivity contribution in [2.24, 2.45) is 5.92 Å². The van der Waals surface area contributed by atoms with E-state index in [1.54, 1.807) is 0 Å². The Morgan fingerprint density at radius 2 is 2.05 bits per heavy atom. The van der Waals surface area contributed by atoms with Crippen molar-refractivity contribution in [2.75, 3.05) is 11.6 Å². The van der Waals surface area contributed by atoms with Gasteiger partial charge in [-0.15, -0.1) is 11.8 Å². The first kappa shape index (κ1) is 14.5. The van der Waals surface area contributed by atoms with Crippen LogP contribution in [0.15, 0.2) is 0 Å². The molecular formula is C13H22N2O3S. The quantitative estimate of drug-likeness (QED) is 0.763. The van der Waals surface area contributed by atoms with Crippen molar-refractivity contribution in [2.45, 2.75) is 51.1 Å². The van der Waals surface area contributed by atoms with Crippen molar-refractivity contribution in [3.05, 3.63) is 0 Å². The third kappa shape index (κ3) is 3.78. The fourth-order valence-corrected chi connectivity index (χ4v) is 3.88. The molecule has 5 nitrogen and oxygen atoms in total. The van der Waals surface area contributed by atoms with Gasteiger partial charge in [0.1, 0.15) is 6.04 Å². The average molecular weight is 286 g/mol. The van der Waals surface area contributed by atoms with Crippen molar-refractivity contribution in [1.82, 2.24) is 10.2 Å². The molecule has 0 aromatic carbocycles. The molecule has 2 aliphatic rings. The van der Waals surface area contributed by atoms with Gasteiger partial charge in [0.15, 0.2) is 0 Å². The maximum absolute atomic E-state index is 12.2. The van der Waals surface area contributed by atoms with Crippen LogP contribution in [0.2, 0.25) is 0 Å². The van der Waals surface area contributed by atoms with Gasteiger partial charge in [0.25, 0.3) is 0 Å². The van der Waals surface area contributed by atoms with E-state index in [9.17, 15) is 9.59 Å². The number of aliphatic carboxylic acids is 1. The molecule has 3 unspecified atom stereocenters. The zero-order valence-corrected chi connectivity index (χ0v) is 12.1. The second kappa shape index (κ2) is 6.50. The topological polar surface area (TPSA) is 69.6 Å². The molecule has 1 aliphatic carbocycles. The predicted molar refractivity (Wildman–Crippen MR) is 75.2 cm³/mol. The molecule has 1 aliphatic heterocycles. The van der Waals surface area contributed by atoms with Crippen LogP contribution >= 0.6 is 11.8 Å². The summed E-state index contributed by atoms with van der Waals surface area (Å²) in [6, 6.07) is -0.677. The summed E-state index contributed by atoms with van der Waals surface area (Å²) in [5.74, 6) is 0.793. The largest absolute Gasteiger partial charge is 0.480 e. The minimum absolute atomic E-state index is 0.206. The number of carbonyl (C=O) groups excluding carboxylic acids is 1. The Morgan fingerprint density at radius 3 is 2.79 bits per heavy atom. The highest BCUT2D eigenvalue weighted by Crippen LogP contribution is 2.24. The molecule has 2 N–H and O–H groups in total. The average Bonchev–Trinajstić information content (AvgIpc) is 2.77. The van der Waals surface area contributed by atoms with Crippen molar-refractivity contribution in [3.8, 4) is 0 Å². The highest BCUT2D eigenvalue weighted by atomic mass is 32.2. The van der Waals surface area contributed by atoms with Gasteiger partial charge in [-0.3, -0.25) is 0 Å². The lowest BCUT2D eigenvalue weighted by molar-refractivity contribution is -0.140. The van der Waals surface area contributed by atoms with Gasteiger partial charge in [-0.1, -0.05) is 19.8 Å². The summed E-state index contributed by atoms with van der Waals surface area (Å²) in [7, 11) is 0. The van der Waals surface area contributed by atoms with Crippen LogP contribution in [-0.2, 0) is 4.79 Å². The van der Waals surface area contributed by atoms with Crippen LogP contribution in [0.4, 0.5) is 4.79 Å². The van der Waals surface area contributed by atoms with Crippen LogP contribution in [0.25, 0.3) is 0 Å².